The number of nitrogens with zero attached hydrogens (tertiary/aromatic N) is 1. The van der Waals surface area contributed by atoms with Crippen LogP contribution >= 0.6 is 0 Å². The average Bonchev–Trinajstić information content (AvgIpc) is 2.75. The van der Waals surface area contributed by atoms with E-state index in [1.807, 2.05) is 48.5 Å². The summed E-state index contributed by atoms with van der Waals surface area (Å²) in [5, 5.41) is 7.83. The zero-order chi connectivity index (χ0) is 11.7. The minimum Gasteiger partial charge on any atom is -0.437 e. The van der Waals surface area contributed by atoms with Gasteiger partial charge < -0.3 is 10.5 Å². The monoisotopic (exact) mass is 225 g/mol. The minimum atomic E-state index is 0.504. The number of anilines is 1. The molecule has 0 fully saturated rings. The number of nitrogen functional groups attached to an aromatic ring is 1. The van der Waals surface area contributed by atoms with Gasteiger partial charge >= 0.3 is 0 Å². The lowest BCUT2D eigenvalue weighted by atomic mass is 10.2. The van der Waals surface area contributed by atoms with Gasteiger partial charge in [0.15, 0.2) is 0 Å². The molecule has 0 bridgehead atoms. The van der Waals surface area contributed by atoms with Crippen molar-refractivity contribution >= 4 is 16.6 Å². The first kappa shape index (κ1) is 9.72. The van der Waals surface area contributed by atoms with Gasteiger partial charge in [-0.15, -0.1) is 5.10 Å². The van der Waals surface area contributed by atoms with E-state index in [4.69, 9.17) is 10.5 Å². The van der Waals surface area contributed by atoms with Gasteiger partial charge in [-0.25, -0.2) is 0 Å². The van der Waals surface area contributed by atoms with Crippen LogP contribution in [0, 0.1) is 0 Å². The Bertz CT molecular complexity index is 646. The Morgan fingerprint density at radius 3 is 2.65 bits per heavy atom. The Morgan fingerprint density at radius 1 is 1.00 bits per heavy atom. The van der Waals surface area contributed by atoms with Crippen LogP contribution in [-0.2, 0) is 0 Å². The molecule has 0 aliphatic rings. The fraction of sp³-hybridized carbons (Fsp3) is 0. The molecule has 0 radical (unpaired) electrons. The van der Waals surface area contributed by atoms with Crippen LogP contribution in [0.2, 0.25) is 0 Å². The lowest BCUT2D eigenvalue weighted by molar-refractivity contribution is 0.466. The molecule has 0 unspecified atom stereocenters. The van der Waals surface area contributed by atoms with Crippen molar-refractivity contribution in [2.45, 2.75) is 0 Å². The van der Waals surface area contributed by atoms with Crippen LogP contribution in [0.15, 0.2) is 48.5 Å². The molecular weight excluding hydrogens is 214 g/mol. The van der Waals surface area contributed by atoms with Gasteiger partial charge in [-0.3, -0.25) is 5.10 Å². The van der Waals surface area contributed by atoms with Crippen molar-refractivity contribution < 1.29 is 4.74 Å². The molecule has 0 amide bonds. The van der Waals surface area contributed by atoms with Gasteiger partial charge in [-0.05, 0) is 24.3 Å². The van der Waals surface area contributed by atoms with Crippen LogP contribution in [0.4, 0.5) is 5.69 Å². The van der Waals surface area contributed by atoms with Gasteiger partial charge in [0, 0.05) is 5.69 Å². The summed E-state index contributed by atoms with van der Waals surface area (Å²) in [5.74, 6) is 1.24. The normalized spacial score (nSPS) is 10.6. The van der Waals surface area contributed by atoms with E-state index in [0.29, 0.717) is 11.6 Å². The van der Waals surface area contributed by atoms with Crippen molar-refractivity contribution in [1.29, 1.82) is 0 Å². The first-order valence-electron chi connectivity index (χ1n) is 5.30. The standard InChI is InChI=1S/C13H11N3O/c14-10-7-4-8-11-12(10)13(16-15-11)17-9-5-2-1-3-6-9/h1-8H,14H2,(H,15,16). The summed E-state index contributed by atoms with van der Waals surface area (Å²) in [7, 11) is 0. The van der Waals surface area contributed by atoms with Crippen LogP contribution in [-0.4, -0.2) is 10.2 Å². The van der Waals surface area contributed by atoms with Crippen LogP contribution in [0.25, 0.3) is 10.9 Å². The molecule has 3 rings (SSSR count). The van der Waals surface area contributed by atoms with Crippen LogP contribution in [0.3, 0.4) is 0 Å². The molecule has 0 aliphatic heterocycles. The van der Waals surface area contributed by atoms with E-state index in [9.17, 15) is 0 Å². The highest BCUT2D eigenvalue weighted by Gasteiger charge is 2.10. The highest BCUT2D eigenvalue weighted by atomic mass is 16.5. The maximum Gasteiger partial charge on any atom is 0.248 e. The topological polar surface area (TPSA) is 63.9 Å². The third-order valence-corrected chi connectivity index (χ3v) is 2.55. The predicted octanol–water partition coefficient (Wildman–Crippen LogP) is 2.94. The Morgan fingerprint density at radius 2 is 1.82 bits per heavy atom. The van der Waals surface area contributed by atoms with Gasteiger partial charge in [0.05, 0.1) is 10.9 Å². The van der Waals surface area contributed by atoms with Crippen LogP contribution < -0.4 is 10.5 Å². The van der Waals surface area contributed by atoms with E-state index in [-0.39, 0.29) is 0 Å². The van der Waals surface area contributed by atoms with E-state index in [1.165, 1.54) is 0 Å². The molecule has 1 heterocycles. The number of ether oxygens (including phenoxy) is 1. The zero-order valence-corrected chi connectivity index (χ0v) is 9.05. The summed E-state index contributed by atoms with van der Waals surface area (Å²) in [6.07, 6.45) is 0. The number of rotatable bonds is 2. The smallest absolute Gasteiger partial charge is 0.248 e. The second-order valence-corrected chi connectivity index (χ2v) is 3.71. The van der Waals surface area contributed by atoms with Gasteiger partial charge in [0.25, 0.3) is 0 Å². The maximum absolute atomic E-state index is 5.92. The second kappa shape index (κ2) is 3.83. The molecule has 3 aromatic rings. The maximum atomic E-state index is 5.92. The number of aromatic amines is 1. The number of hydrogen-bond donors (Lipinski definition) is 2. The highest BCUT2D eigenvalue weighted by molar-refractivity contribution is 5.94. The molecule has 2 aromatic carbocycles. The van der Waals surface area contributed by atoms with Crippen LogP contribution in [0.5, 0.6) is 11.6 Å². The second-order valence-electron chi connectivity index (χ2n) is 3.71. The molecule has 3 N–H and O–H groups in total. The predicted molar refractivity (Wildman–Crippen MR) is 67.0 cm³/mol. The van der Waals surface area contributed by atoms with E-state index in [0.717, 1.165) is 16.7 Å². The SMILES string of the molecule is Nc1cccc2[nH]nc(Oc3ccccc3)c12. The fourth-order valence-corrected chi connectivity index (χ4v) is 1.74. The lowest BCUT2D eigenvalue weighted by Crippen LogP contribution is -1.88. The van der Waals surface area contributed by atoms with Crippen molar-refractivity contribution in [3.63, 3.8) is 0 Å². The van der Waals surface area contributed by atoms with E-state index >= 15 is 0 Å². The molecule has 0 saturated carbocycles. The first-order valence-corrected chi connectivity index (χ1v) is 5.30. The fourth-order valence-electron chi connectivity index (χ4n) is 1.74. The lowest BCUT2D eigenvalue weighted by Gasteiger charge is -2.03. The summed E-state index contributed by atoms with van der Waals surface area (Å²) in [6, 6.07) is 15.1. The van der Waals surface area contributed by atoms with Crippen molar-refractivity contribution in [3.8, 4) is 11.6 Å². The van der Waals surface area contributed by atoms with Gasteiger partial charge in [0.2, 0.25) is 5.88 Å². The number of H-pyrrole nitrogens is 1. The molecule has 4 nitrogen and oxygen atoms in total. The van der Waals surface area contributed by atoms with E-state index < -0.39 is 0 Å². The number of nitrogens with two attached hydrogens (primary N) is 1. The van der Waals surface area contributed by atoms with E-state index in [2.05, 4.69) is 10.2 Å². The van der Waals surface area contributed by atoms with Crippen molar-refractivity contribution in [2.24, 2.45) is 0 Å². The molecule has 4 heteroatoms. The summed E-state index contributed by atoms with van der Waals surface area (Å²) in [4.78, 5) is 0. The number of para-hydroxylation sites is 1. The minimum absolute atomic E-state index is 0.504. The zero-order valence-electron chi connectivity index (χ0n) is 9.05. The highest BCUT2D eigenvalue weighted by Crippen LogP contribution is 2.31. The summed E-state index contributed by atoms with van der Waals surface area (Å²) in [5.41, 5.74) is 7.44. The molecule has 0 atom stereocenters. The molecular formula is C13H11N3O. The largest absolute Gasteiger partial charge is 0.437 e. The molecule has 0 aliphatic carbocycles. The summed E-state index contributed by atoms with van der Waals surface area (Å²) < 4.78 is 5.69. The molecule has 17 heavy (non-hydrogen) atoms. The molecule has 0 spiro atoms. The Balaban J connectivity index is 2.07. The van der Waals surface area contributed by atoms with Gasteiger partial charge in [-0.2, -0.15) is 0 Å². The number of benzene rings is 2. The molecule has 84 valence electrons. The number of fused-ring (bicyclic) bond motifs is 1. The molecule has 0 saturated heterocycles. The third-order valence-electron chi connectivity index (χ3n) is 2.55. The van der Waals surface area contributed by atoms with Crippen molar-refractivity contribution in [2.75, 3.05) is 5.73 Å². The average molecular weight is 225 g/mol. The molecule has 1 aromatic heterocycles. The summed E-state index contributed by atoms with van der Waals surface area (Å²) in [6.45, 7) is 0. The quantitative estimate of drug-likeness (QED) is 0.659. The Kier molecular flexibility index (Phi) is 2.19. The number of aromatic nitrogens is 2. The Labute approximate surface area is 98.0 Å². The van der Waals surface area contributed by atoms with Gasteiger partial charge in [-0.1, -0.05) is 24.3 Å². The van der Waals surface area contributed by atoms with Crippen molar-refractivity contribution in [1.82, 2.24) is 10.2 Å². The van der Waals surface area contributed by atoms with Gasteiger partial charge in [0.1, 0.15) is 5.75 Å². The first-order chi connectivity index (χ1) is 8.34. The van der Waals surface area contributed by atoms with E-state index in [1.54, 1.807) is 0 Å². The summed E-state index contributed by atoms with van der Waals surface area (Å²) >= 11 is 0. The Hall–Kier alpha value is -2.49. The number of hydrogen-bond acceptors (Lipinski definition) is 3. The van der Waals surface area contributed by atoms with Crippen LogP contribution in [0.1, 0.15) is 0 Å². The number of nitrogens with one attached hydrogen (secondary N) is 1. The van der Waals surface area contributed by atoms with Crippen molar-refractivity contribution in [3.05, 3.63) is 48.5 Å². The third kappa shape index (κ3) is 1.69.